The highest BCUT2D eigenvalue weighted by molar-refractivity contribution is 5.95. The normalized spacial score (nSPS) is 31.0. The van der Waals surface area contributed by atoms with Gasteiger partial charge in [-0.05, 0) is 37.0 Å². The molecule has 0 aliphatic heterocycles. The number of aromatic nitrogens is 2. The van der Waals surface area contributed by atoms with E-state index in [2.05, 4.69) is 10.4 Å². The molecule has 2 saturated carbocycles. The maximum atomic E-state index is 13.8. The lowest BCUT2D eigenvalue weighted by molar-refractivity contribution is -0.142. The molecule has 3 unspecified atom stereocenters. The van der Waals surface area contributed by atoms with Crippen LogP contribution in [-0.4, -0.2) is 39.1 Å². The molecule has 0 saturated heterocycles. The summed E-state index contributed by atoms with van der Waals surface area (Å²) in [5.41, 5.74) is -3.44. The molecule has 1 aromatic rings. The smallest absolute Gasteiger partial charge is 0.390 e. The minimum atomic E-state index is -4.81. The molecule has 9 heteroatoms. The monoisotopic (exact) mass is 445 g/mol. The van der Waals surface area contributed by atoms with Crippen molar-refractivity contribution in [2.24, 2.45) is 23.2 Å². The maximum absolute atomic E-state index is 13.8. The van der Waals surface area contributed by atoms with Gasteiger partial charge in [-0.25, -0.2) is 4.68 Å². The lowest BCUT2D eigenvalue weighted by Gasteiger charge is -2.50. The van der Waals surface area contributed by atoms with E-state index in [9.17, 15) is 27.5 Å². The third kappa shape index (κ3) is 4.38. The molecule has 1 heterocycles. The Balaban J connectivity index is 1.85. The molecule has 2 aliphatic rings. The zero-order chi connectivity index (χ0) is 23.2. The summed E-state index contributed by atoms with van der Waals surface area (Å²) < 4.78 is 54.9. The average Bonchev–Trinajstić information content (AvgIpc) is 3.26. The Hall–Kier alpha value is -1.90. The van der Waals surface area contributed by atoms with Crippen LogP contribution in [0.3, 0.4) is 0 Å². The summed E-state index contributed by atoms with van der Waals surface area (Å²) in [4.78, 5) is 12.9. The van der Waals surface area contributed by atoms with Crippen molar-refractivity contribution in [1.29, 1.82) is 0 Å². The van der Waals surface area contributed by atoms with Crippen molar-refractivity contribution in [3.8, 4) is 0 Å². The maximum Gasteiger partial charge on any atom is 0.434 e. The summed E-state index contributed by atoms with van der Waals surface area (Å²) in [7, 11) is 0. The SMILES string of the molecule is CCC1CC2C(C[C@]2(O)CC)[C@@H]1NC(=O)c1cnn(/C=C/C(C)(C)CF)c1C(F)(F)F. The van der Waals surface area contributed by atoms with Crippen molar-refractivity contribution in [1.82, 2.24) is 15.1 Å². The minimum absolute atomic E-state index is 0.0587. The van der Waals surface area contributed by atoms with Crippen LogP contribution in [0.5, 0.6) is 0 Å². The van der Waals surface area contributed by atoms with Gasteiger partial charge in [-0.2, -0.15) is 18.3 Å². The molecule has 0 radical (unpaired) electrons. The fourth-order valence-corrected chi connectivity index (χ4v) is 5.06. The topological polar surface area (TPSA) is 67.2 Å². The number of fused-ring (bicyclic) bond motifs is 1. The number of hydrogen-bond donors (Lipinski definition) is 2. The molecule has 0 aromatic carbocycles. The minimum Gasteiger partial charge on any atom is -0.390 e. The van der Waals surface area contributed by atoms with E-state index in [1.807, 2.05) is 13.8 Å². The van der Waals surface area contributed by atoms with Crippen molar-refractivity contribution in [2.45, 2.75) is 71.2 Å². The first kappa shape index (κ1) is 23.8. The van der Waals surface area contributed by atoms with E-state index in [1.54, 1.807) is 13.8 Å². The first-order valence-electron chi connectivity index (χ1n) is 10.8. The van der Waals surface area contributed by atoms with Gasteiger partial charge in [-0.15, -0.1) is 0 Å². The number of alkyl halides is 4. The van der Waals surface area contributed by atoms with Crippen molar-refractivity contribution in [3.05, 3.63) is 23.5 Å². The summed E-state index contributed by atoms with van der Waals surface area (Å²) in [6.07, 6.45) is 1.13. The van der Waals surface area contributed by atoms with E-state index < -0.39 is 41.0 Å². The second-order valence-electron chi connectivity index (χ2n) is 9.62. The highest BCUT2D eigenvalue weighted by Gasteiger charge is 2.60. The van der Waals surface area contributed by atoms with Gasteiger partial charge in [-0.1, -0.05) is 40.2 Å². The number of nitrogens with one attached hydrogen (secondary N) is 1. The molecule has 2 fully saturated rings. The Bertz CT molecular complexity index is 848. The van der Waals surface area contributed by atoms with E-state index in [4.69, 9.17) is 0 Å². The molecule has 0 spiro atoms. The van der Waals surface area contributed by atoms with Crippen LogP contribution in [0, 0.1) is 23.2 Å². The van der Waals surface area contributed by atoms with E-state index in [-0.39, 0.29) is 23.8 Å². The number of nitrogens with zero attached hydrogens (tertiary/aromatic N) is 2. The lowest BCUT2D eigenvalue weighted by atomic mass is 9.61. The predicted molar refractivity (Wildman–Crippen MR) is 109 cm³/mol. The van der Waals surface area contributed by atoms with E-state index in [0.717, 1.165) is 25.2 Å². The Morgan fingerprint density at radius 2 is 2.06 bits per heavy atom. The van der Waals surface area contributed by atoms with Gasteiger partial charge in [0.1, 0.15) is 0 Å². The Labute approximate surface area is 179 Å². The van der Waals surface area contributed by atoms with Gasteiger partial charge in [0.25, 0.3) is 5.91 Å². The van der Waals surface area contributed by atoms with Crippen LogP contribution in [0.2, 0.25) is 0 Å². The number of amides is 1. The summed E-state index contributed by atoms with van der Waals surface area (Å²) in [6.45, 7) is 6.25. The molecule has 1 amide bonds. The van der Waals surface area contributed by atoms with Crippen LogP contribution in [-0.2, 0) is 6.18 Å². The molecule has 174 valence electrons. The van der Waals surface area contributed by atoms with E-state index >= 15 is 0 Å². The molecule has 2 N–H and O–H groups in total. The van der Waals surface area contributed by atoms with Crippen LogP contribution >= 0.6 is 0 Å². The zero-order valence-corrected chi connectivity index (χ0v) is 18.3. The van der Waals surface area contributed by atoms with Crippen LogP contribution in [0.1, 0.15) is 69.4 Å². The third-order valence-corrected chi connectivity index (χ3v) is 7.08. The summed E-state index contributed by atoms with van der Waals surface area (Å²) in [6, 6.07) is -0.278. The highest BCUT2D eigenvalue weighted by Crippen LogP contribution is 2.57. The van der Waals surface area contributed by atoms with Crippen LogP contribution in [0.15, 0.2) is 12.3 Å². The van der Waals surface area contributed by atoms with Crippen molar-refractivity contribution in [2.75, 3.05) is 6.67 Å². The lowest BCUT2D eigenvalue weighted by Crippen LogP contribution is -2.56. The molecule has 5 atom stereocenters. The molecule has 1 aromatic heterocycles. The molecule has 2 aliphatic carbocycles. The number of carbonyl (C=O) groups excluding carboxylic acids is 1. The predicted octanol–water partition coefficient (Wildman–Crippen LogP) is 4.67. The summed E-state index contributed by atoms with van der Waals surface area (Å²) in [5, 5.41) is 17.2. The Kier molecular flexibility index (Phi) is 6.30. The average molecular weight is 446 g/mol. The molecule has 31 heavy (non-hydrogen) atoms. The van der Waals surface area contributed by atoms with Gasteiger partial charge >= 0.3 is 6.18 Å². The highest BCUT2D eigenvalue weighted by atomic mass is 19.4. The largest absolute Gasteiger partial charge is 0.434 e. The Morgan fingerprint density at radius 1 is 1.39 bits per heavy atom. The molecule has 3 rings (SSSR count). The molecule has 5 nitrogen and oxygen atoms in total. The molecule has 0 bridgehead atoms. The molecular formula is C22H31F4N3O2. The number of hydrogen-bond acceptors (Lipinski definition) is 3. The molecular weight excluding hydrogens is 414 g/mol. The summed E-state index contributed by atoms with van der Waals surface area (Å²) in [5.74, 6) is -0.598. The van der Waals surface area contributed by atoms with Gasteiger partial charge < -0.3 is 10.4 Å². The number of halogens is 4. The van der Waals surface area contributed by atoms with Gasteiger partial charge in [0, 0.05) is 17.7 Å². The quantitative estimate of drug-likeness (QED) is 0.599. The standard InChI is InChI=1S/C22H31F4N3O2/c1-5-13-9-16-14(10-21(16,31)6-2)17(13)28-19(30)15-11-27-29(18(15)22(24,25)26)8-7-20(3,4)12-23/h7-8,11,13-14,16-17,31H,5-6,9-10,12H2,1-4H3,(H,28,30)/b8-7+/t13?,14?,16?,17-,21-/m1/s1. The van der Waals surface area contributed by atoms with Crippen molar-refractivity contribution >= 4 is 12.1 Å². The van der Waals surface area contributed by atoms with Crippen molar-refractivity contribution < 1.29 is 27.5 Å². The number of aliphatic hydroxyl groups is 1. The third-order valence-electron chi connectivity index (χ3n) is 7.08. The first-order valence-corrected chi connectivity index (χ1v) is 10.8. The first-order chi connectivity index (χ1) is 14.4. The van der Waals surface area contributed by atoms with Gasteiger partial charge in [-0.3, -0.25) is 9.18 Å². The van der Waals surface area contributed by atoms with Gasteiger partial charge in [0.15, 0.2) is 5.69 Å². The fourth-order valence-electron chi connectivity index (χ4n) is 5.06. The van der Waals surface area contributed by atoms with Crippen molar-refractivity contribution in [3.63, 3.8) is 0 Å². The van der Waals surface area contributed by atoms with Gasteiger partial charge in [0.05, 0.1) is 24.0 Å². The fraction of sp³-hybridized carbons (Fsp3) is 0.727. The second-order valence-corrected chi connectivity index (χ2v) is 9.62. The van der Waals surface area contributed by atoms with E-state index in [1.165, 1.54) is 6.08 Å². The van der Waals surface area contributed by atoms with E-state index in [0.29, 0.717) is 17.5 Å². The van der Waals surface area contributed by atoms with Crippen LogP contribution < -0.4 is 5.32 Å². The second kappa shape index (κ2) is 8.22. The summed E-state index contributed by atoms with van der Waals surface area (Å²) >= 11 is 0. The number of allylic oxidation sites excluding steroid dienone is 1. The Morgan fingerprint density at radius 3 is 2.61 bits per heavy atom. The van der Waals surface area contributed by atoms with Crippen LogP contribution in [0.4, 0.5) is 17.6 Å². The van der Waals surface area contributed by atoms with Gasteiger partial charge in [0.2, 0.25) is 0 Å². The van der Waals surface area contributed by atoms with Crippen LogP contribution in [0.25, 0.3) is 6.20 Å². The number of rotatable bonds is 7. The zero-order valence-electron chi connectivity index (χ0n) is 18.3. The number of carbonyl (C=O) groups is 1.